The van der Waals surface area contributed by atoms with Gasteiger partial charge < -0.3 is 0 Å². The van der Waals surface area contributed by atoms with Crippen LogP contribution in [0.5, 0.6) is 0 Å². The van der Waals surface area contributed by atoms with Crippen LogP contribution in [0.4, 0.5) is 0 Å². The fraction of sp³-hybridized carbons (Fsp3) is 1.00. The highest BCUT2D eigenvalue weighted by Gasteiger charge is 1.91. The highest BCUT2D eigenvalue weighted by Crippen LogP contribution is 2.01. The molecule has 0 fully saturated rings. The zero-order chi connectivity index (χ0) is 5.70. The Morgan fingerprint density at radius 2 is 2.29 bits per heavy atom. The van der Waals surface area contributed by atoms with Crippen LogP contribution in [-0.4, -0.2) is 15.2 Å². The van der Waals surface area contributed by atoms with Crippen molar-refractivity contribution < 1.29 is 0 Å². The second kappa shape index (κ2) is 4.66. The molecule has 0 amide bonds. The van der Waals surface area contributed by atoms with Crippen molar-refractivity contribution in [1.29, 1.82) is 0 Å². The van der Waals surface area contributed by atoms with Gasteiger partial charge in [0, 0.05) is 15.2 Å². The largest absolute Gasteiger partial charge is 0.128 e. The smallest absolute Gasteiger partial charge is 0.0254 e. The van der Waals surface area contributed by atoms with Crippen LogP contribution in [0.3, 0.4) is 0 Å². The van der Waals surface area contributed by atoms with Gasteiger partial charge in [0.05, 0.1) is 0 Å². The quantitative estimate of drug-likeness (QED) is 0.403. The van der Waals surface area contributed by atoms with E-state index in [1.807, 2.05) is 0 Å². The van der Waals surface area contributed by atoms with E-state index < -0.39 is 0 Å². The Bertz CT molecular complexity index is 37.1. The summed E-state index contributed by atoms with van der Waals surface area (Å²) in [6.45, 7) is 2.20. The number of halogens is 1. The van der Waals surface area contributed by atoms with Gasteiger partial charge in [-0.15, -0.1) is 11.6 Å². The maximum Gasteiger partial charge on any atom is 0.0254 e. The molecule has 0 radical (unpaired) electrons. The molecule has 0 aromatic carbocycles. The van der Waals surface area contributed by atoms with Gasteiger partial charge in [0.25, 0.3) is 0 Å². The Morgan fingerprint density at radius 3 is 2.43 bits per heavy atom. The first-order valence-corrected chi connectivity index (χ1v) is 4.50. The molecule has 0 aromatic rings. The molecular weight excluding hydrogens is 124 g/mol. The van der Waals surface area contributed by atoms with Crippen LogP contribution in [0.15, 0.2) is 0 Å². The number of unbranched alkanes of at least 4 members (excludes halogenated alkanes) is 1. The van der Waals surface area contributed by atoms with Crippen molar-refractivity contribution in [2.45, 2.75) is 31.2 Å². The zero-order valence-corrected chi connectivity index (χ0v) is 7.83. The Labute approximate surface area is 53.7 Å². The lowest BCUT2D eigenvalue weighted by Crippen LogP contribution is -1.94. The molecule has 0 aliphatic heterocycles. The van der Waals surface area contributed by atoms with E-state index in [1.54, 1.807) is 0 Å². The fourth-order valence-corrected chi connectivity index (χ4v) is 1.05. The highest BCUT2D eigenvalue weighted by atomic mass is 35.5. The predicted molar refractivity (Wildman–Crippen MR) is 39.1 cm³/mol. The molecule has 0 spiro atoms. The monoisotopic (exact) mass is 136 g/mol. The molecule has 0 saturated carbocycles. The van der Waals surface area contributed by atoms with Gasteiger partial charge in [0.15, 0.2) is 0 Å². The molecule has 0 N–H and O–H groups in total. The Hall–Kier alpha value is 0.507. The molecule has 0 saturated heterocycles. The zero-order valence-electron chi connectivity index (χ0n) is 5.08. The van der Waals surface area contributed by atoms with Crippen molar-refractivity contribution in [3.05, 3.63) is 0 Å². The summed E-state index contributed by atoms with van der Waals surface area (Å²) in [6.07, 6.45) is 3.81. The summed E-state index contributed by atoms with van der Waals surface area (Å²) >= 11 is 5.72. The lowest BCUT2D eigenvalue weighted by atomic mass is 10.3. The summed E-state index contributed by atoms with van der Waals surface area (Å²) in [7, 11) is 1.15. The van der Waals surface area contributed by atoms with Crippen LogP contribution in [0.2, 0.25) is 0 Å². The van der Waals surface area contributed by atoms with Gasteiger partial charge in [-0.25, -0.2) is 0 Å². The standard InChI is InChI=1S/C5H13ClSi/c1-2-3-4-5(6)7/h5H,2-4H2,1,7H3. The summed E-state index contributed by atoms with van der Waals surface area (Å²) in [4.78, 5) is 0. The molecule has 7 heavy (non-hydrogen) atoms. The Morgan fingerprint density at radius 1 is 1.71 bits per heavy atom. The van der Waals surface area contributed by atoms with Gasteiger partial charge in [0.2, 0.25) is 0 Å². The van der Waals surface area contributed by atoms with E-state index in [9.17, 15) is 0 Å². The summed E-state index contributed by atoms with van der Waals surface area (Å²) < 4.78 is 0. The van der Waals surface area contributed by atoms with Crippen molar-refractivity contribution in [3.8, 4) is 0 Å². The minimum atomic E-state index is 0.514. The van der Waals surface area contributed by atoms with E-state index in [0.29, 0.717) is 5.00 Å². The summed E-state index contributed by atoms with van der Waals surface area (Å²) in [5.41, 5.74) is 0. The highest BCUT2D eigenvalue weighted by molar-refractivity contribution is 6.40. The predicted octanol–water partition coefficient (Wildman–Crippen LogP) is 1.11. The summed E-state index contributed by atoms with van der Waals surface area (Å²) in [6, 6.07) is 0. The van der Waals surface area contributed by atoms with Crippen LogP contribution in [0.1, 0.15) is 26.2 Å². The van der Waals surface area contributed by atoms with Gasteiger partial charge in [0.1, 0.15) is 0 Å². The van der Waals surface area contributed by atoms with Crippen molar-refractivity contribution in [2.24, 2.45) is 0 Å². The van der Waals surface area contributed by atoms with Crippen molar-refractivity contribution in [2.75, 3.05) is 0 Å². The van der Waals surface area contributed by atoms with Crippen LogP contribution >= 0.6 is 11.6 Å². The average Bonchev–Trinajstić information content (AvgIpc) is 1.61. The summed E-state index contributed by atoms with van der Waals surface area (Å²) in [5.74, 6) is 0. The first kappa shape index (κ1) is 7.51. The number of alkyl halides is 1. The molecule has 1 atom stereocenters. The number of rotatable bonds is 3. The number of hydrogen-bond acceptors (Lipinski definition) is 0. The maximum atomic E-state index is 5.72. The molecule has 0 aromatic heterocycles. The molecular formula is C5H13ClSi. The normalized spacial score (nSPS) is 14.6. The average molecular weight is 137 g/mol. The minimum Gasteiger partial charge on any atom is -0.128 e. The van der Waals surface area contributed by atoms with Crippen LogP contribution < -0.4 is 0 Å². The van der Waals surface area contributed by atoms with E-state index >= 15 is 0 Å². The van der Waals surface area contributed by atoms with E-state index in [2.05, 4.69) is 6.92 Å². The Balaban J connectivity index is 2.68. The molecule has 0 bridgehead atoms. The third kappa shape index (κ3) is 6.51. The SMILES string of the molecule is CCCCC([SiH3])Cl. The first-order chi connectivity index (χ1) is 3.27. The van der Waals surface area contributed by atoms with Crippen LogP contribution in [0, 0.1) is 0 Å². The second-order valence-corrected chi connectivity index (χ2v) is 4.79. The molecule has 2 heteroatoms. The molecule has 0 aliphatic carbocycles. The van der Waals surface area contributed by atoms with Crippen LogP contribution in [0.25, 0.3) is 0 Å². The molecule has 44 valence electrons. The third-order valence-corrected chi connectivity index (χ3v) is 1.75. The van der Waals surface area contributed by atoms with E-state index in [0.717, 1.165) is 10.2 Å². The fourth-order valence-electron chi connectivity index (χ4n) is 0.485. The van der Waals surface area contributed by atoms with Crippen LogP contribution in [-0.2, 0) is 0 Å². The van der Waals surface area contributed by atoms with Gasteiger partial charge in [-0.1, -0.05) is 19.8 Å². The van der Waals surface area contributed by atoms with E-state index in [1.165, 1.54) is 19.3 Å². The molecule has 1 unspecified atom stereocenters. The second-order valence-electron chi connectivity index (χ2n) is 1.92. The summed E-state index contributed by atoms with van der Waals surface area (Å²) in [5, 5.41) is 0.514. The van der Waals surface area contributed by atoms with Crippen molar-refractivity contribution in [1.82, 2.24) is 0 Å². The first-order valence-electron chi connectivity index (χ1n) is 2.91. The van der Waals surface area contributed by atoms with Gasteiger partial charge in [-0.2, -0.15) is 0 Å². The lowest BCUT2D eigenvalue weighted by molar-refractivity contribution is 0.756. The molecule has 0 nitrogen and oxygen atoms in total. The van der Waals surface area contributed by atoms with Crippen molar-refractivity contribution in [3.63, 3.8) is 0 Å². The number of hydrogen-bond donors (Lipinski definition) is 0. The Kier molecular flexibility index (Phi) is 5.00. The third-order valence-electron chi connectivity index (χ3n) is 0.955. The van der Waals surface area contributed by atoms with E-state index in [-0.39, 0.29) is 0 Å². The molecule has 0 rings (SSSR count). The van der Waals surface area contributed by atoms with Gasteiger partial charge in [-0.05, 0) is 6.42 Å². The van der Waals surface area contributed by atoms with Gasteiger partial charge >= 0.3 is 0 Å². The maximum absolute atomic E-state index is 5.72. The molecule has 0 heterocycles. The minimum absolute atomic E-state index is 0.514. The van der Waals surface area contributed by atoms with E-state index in [4.69, 9.17) is 11.6 Å². The lowest BCUT2D eigenvalue weighted by Gasteiger charge is -1.96. The van der Waals surface area contributed by atoms with Crippen molar-refractivity contribution >= 4 is 21.8 Å². The molecule has 0 aliphatic rings. The topological polar surface area (TPSA) is 0 Å². The van der Waals surface area contributed by atoms with Gasteiger partial charge in [-0.3, -0.25) is 0 Å².